The number of aromatic amines is 1. The van der Waals surface area contributed by atoms with Crippen LogP contribution in [0.3, 0.4) is 0 Å². The highest BCUT2D eigenvalue weighted by Crippen LogP contribution is 2.31. The van der Waals surface area contributed by atoms with Crippen LogP contribution in [0, 0.1) is 5.41 Å². The maximum Gasteiger partial charge on any atom is 0.331 e. The van der Waals surface area contributed by atoms with Gasteiger partial charge >= 0.3 is 11.9 Å². The number of carboxylic acids is 2. The number of unbranched alkanes of at least 4 members (excludes halogenated alkanes) is 9. The second-order valence-corrected chi connectivity index (χ2v) is 8.22. The molecule has 0 aromatic carbocycles. The van der Waals surface area contributed by atoms with E-state index in [1.54, 1.807) is 0 Å². The lowest BCUT2D eigenvalue weighted by Crippen LogP contribution is -2.28. The van der Waals surface area contributed by atoms with E-state index in [1.807, 2.05) is 12.4 Å². The lowest BCUT2D eigenvalue weighted by atomic mass is 9.80. The molecule has 0 bridgehead atoms. The van der Waals surface area contributed by atoms with Crippen LogP contribution >= 0.6 is 0 Å². The summed E-state index contributed by atoms with van der Waals surface area (Å²) in [5, 5.41) is 17.5. The normalized spacial score (nSPS) is 17.7. The summed E-state index contributed by atoms with van der Waals surface area (Å²) in [7, 11) is 0. The Labute approximate surface area is 180 Å². The highest BCUT2D eigenvalue weighted by atomic mass is 16.4. The Morgan fingerprint density at radius 3 is 2.13 bits per heavy atom. The fourth-order valence-corrected chi connectivity index (χ4v) is 3.40. The van der Waals surface area contributed by atoms with Crippen LogP contribution in [0.5, 0.6) is 0 Å². The van der Waals surface area contributed by atoms with Crippen molar-refractivity contribution in [2.24, 2.45) is 5.41 Å². The van der Waals surface area contributed by atoms with Crippen molar-refractivity contribution in [1.29, 1.82) is 0 Å². The third-order valence-electron chi connectivity index (χ3n) is 5.40. The Hall–Kier alpha value is -2.37. The van der Waals surface area contributed by atoms with Gasteiger partial charge in [-0.25, -0.2) is 9.78 Å². The van der Waals surface area contributed by atoms with Crippen LogP contribution in [0.2, 0.25) is 0 Å². The summed E-state index contributed by atoms with van der Waals surface area (Å²) in [5.41, 5.74) is -0.949. The molecule has 1 atom stereocenters. The summed E-state index contributed by atoms with van der Waals surface area (Å²) in [6.07, 6.45) is 23.3. The zero-order chi connectivity index (χ0) is 22.2. The number of hydrogen-bond donors (Lipinski definition) is 3. The molecule has 0 amide bonds. The molecule has 2 rings (SSSR count). The van der Waals surface area contributed by atoms with Crippen molar-refractivity contribution in [3.05, 3.63) is 42.0 Å². The van der Waals surface area contributed by atoms with Gasteiger partial charge in [-0.3, -0.25) is 4.79 Å². The van der Waals surface area contributed by atoms with E-state index in [4.69, 9.17) is 10.2 Å². The van der Waals surface area contributed by atoms with Gasteiger partial charge in [0.25, 0.3) is 0 Å². The van der Waals surface area contributed by atoms with Gasteiger partial charge in [0.05, 0.1) is 5.41 Å². The second kappa shape index (κ2) is 14.6. The van der Waals surface area contributed by atoms with Crippen LogP contribution in [0.15, 0.2) is 36.2 Å². The molecule has 0 fully saturated rings. The van der Waals surface area contributed by atoms with Gasteiger partial charge in [0, 0.05) is 24.4 Å². The number of carbonyl (C=O) groups is 2. The average Bonchev–Trinajstić information content (AvgIpc) is 3.23. The van der Waals surface area contributed by atoms with E-state index in [2.05, 4.69) is 16.9 Å². The number of aromatic nitrogens is 2. The Kier molecular flexibility index (Phi) is 12.5. The summed E-state index contributed by atoms with van der Waals surface area (Å²) in [5.74, 6) is -0.919. The standard InChI is InChI=1S/C15H28N2.C9H10O4/c1-2-3-4-5-6-7-8-9-10-11-12-15-16-13-14-17-15;1-9(8(12)13)4-2-3-6(5-9)7(10)11/h13-14H,2-12H2,1H3,(H,16,17);2-4H,5H2,1H3,(H,10,11)(H,12,13). The molecule has 6 nitrogen and oxygen atoms in total. The molecule has 0 aliphatic heterocycles. The summed E-state index contributed by atoms with van der Waals surface area (Å²) in [4.78, 5) is 28.7. The number of nitrogens with one attached hydrogen (secondary N) is 1. The molecule has 1 aromatic heterocycles. The third-order valence-corrected chi connectivity index (χ3v) is 5.40. The van der Waals surface area contributed by atoms with Gasteiger partial charge in [-0.05, 0) is 19.8 Å². The molecule has 1 heterocycles. The predicted octanol–water partition coefficient (Wildman–Crippen LogP) is 5.92. The van der Waals surface area contributed by atoms with E-state index >= 15 is 0 Å². The highest BCUT2D eigenvalue weighted by molar-refractivity contribution is 5.90. The van der Waals surface area contributed by atoms with Crippen molar-refractivity contribution in [2.75, 3.05) is 0 Å². The molecule has 0 spiro atoms. The molecule has 1 aliphatic rings. The van der Waals surface area contributed by atoms with Crippen LogP contribution < -0.4 is 0 Å². The predicted molar refractivity (Wildman–Crippen MR) is 119 cm³/mol. The zero-order valence-electron chi connectivity index (χ0n) is 18.5. The fraction of sp³-hybridized carbons (Fsp3) is 0.625. The molecule has 0 saturated carbocycles. The summed E-state index contributed by atoms with van der Waals surface area (Å²) < 4.78 is 0. The number of H-pyrrole nitrogens is 1. The first-order valence-electron chi connectivity index (χ1n) is 11.2. The van der Waals surface area contributed by atoms with Crippen molar-refractivity contribution < 1.29 is 19.8 Å². The number of hydrogen-bond acceptors (Lipinski definition) is 3. The minimum absolute atomic E-state index is 0.0359. The second-order valence-electron chi connectivity index (χ2n) is 8.22. The van der Waals surface area contributed by atoms with Crippen molar-refractivity contribution in [1.82, 2.24) is 9.97 Å². The summed E-state index contributed by atoms with van der Waals surface area (Å²) >= 11 is 0. The van der Waals surface area contributed by atoms with E-state index in [9.17, 15) is 9.59 Å². The van der Waals surface area contributed by atoms with Crippen molar-refractivity contribution in [3.8, 4) is 0 Å². The molecular formula is C24H38N2O4. The first-order valence-corrected chi connectivity index (χ1v) is 11.2. The highest BCUT2D eigenvalue weighted by Gasteiger charge is 2.34. The molecule has 6 heteroatoms. The molecule has 1 aromatic rings. The zero-order valence-corrected chi connectivity index (χ0v) is 18.5. The van der Waals surface area contributed by atoms with E-state index in [0.717, 1.165) is 12.2 Å². The van der Waals surface area contributed by atoms with Gasteiger partial charge in [-0.1, -0.05) is 82.9 Å². The molecule has 30 heavy (non-hydrogen) atoms. The smallest absolute Gasteiger partial charge is 0.331 e. The maximum atomic E-state index is 10.8. The molecule has 3 N–H and O–H groups in total. The van der Waals surface area contributed by atoms with E-state index in [1.165, 1.54) is 89.4 Å². The molecule has 0 saturated heterocycles. The summed E-state index contributed by atoms with van der Waals surface area (Å²) in [6, 6.07) is 0. The van der Waals surface area contributed by atoms with E-state index in [-0.39, 0.29) is 12.0 Å². The van der Waals surface area contributed by atoms with E-state index < -0.39 is 17.4 Å². The molecule has 168 valence electrons. The van der Waals surface area contributed by atoms with Gasteiger partial charge in [0.1, 0.15) is 5.82 Å². The minimum atomic E-state index is -1.08. The van der Waals surface area contributed by atoms with Gasteiger partial charge in [0.2, 0.25) is 0 Å². The van der Waals surface area contributed by atoms with Crippen molar-refractivity contribution in [2.45, 2.75) is 90.9 Å². The molecule has 1 aliphatic carbocycles. The minimum Gasteiger partial charge on any atom is -0.481 e. The quantitative estimate of drug-likeness (QED) is 0.345. The van der Waals surface area contributed by atoms with Gasteiger partial charge < -0.3 is 15.2 Å². The number of imidazole rings is 1. The Morgan fingerprint density at radius 2 is 1.63 bits per heavy atom. The van der Waals surface area contributed by atoms with Crippen LogP contribution in [0.1, 0.15) is 90.3 Å². The number of carboxylic acid groups (broad SMARTS) is 2. The van der Waals surface area contributed by atoms with Gasteiger partial charge in [0.15, 0.2) is 0 Å². The van der Waals surface area contributed by atoms with Gasteiger partial charge in [-0.2, -0.15) is 0 Å². The van der Waals surface area contributed by atoms with Crippen molar-refractivity contribution >= 4 is 11.9 Å². The Morgan fingerprint density at radius 1 is 1.03 bits per heavy atom. The maximum absolute atomic E-state index is 10.8. The Bertz CT molecular complexity index is 679. The lowest BCUT2D eigenvalue weighted by Gasteiger charge is -2.23. The van der Waals surface area contributed by atoms with Gasteiger partial charge in [-0.15, -0.1) is 0 Å². The molecule has 0 radical (unpaired) electrons. The van der Waals surface area contributed by atoms with Crippen LogP contribution in [-0.4, -0.2) is 32.1 Å². The monoisotopic (exact) mass is 418 g/mol. The van der Waals surface area contributed by atoms with Crippen LogP contribution in [0.25, 0.3) is 0 Å². The largest absolute Gasteiger partial charge is 0.481 e. The first kappa shape index (κ1) is 25.7. The number of aryl methyl sites for hydroxylation is 1. The number of aliphatic carboxylic acids is 2. The van der Waals surface area contributed by atoms with Crippen LogP contribution in [-0.2, 0) is 16.0 Å². The fourth-order valence-electron chi connectivity index (χ4n) is 3.40. The average molecular weight is 419 g/mol. The first-order chi connectivity index (χ1) is 14.4. The molecular weight excluding hydrogens is 380 g/mol. The lowest BCUT2D eigenvalue weighted by molar-refractivity contribution is -0.145. The number of rotatable bonds is 13. The van der Waals surface area contributed by atoms with E-state index in [0.29, 0.717) is 0 Å². The molecule has 1 unspecified atom stereocenters. The Balaban J connectivity index is 0.000000311. The van der Waals surface area contributed by atoms with Crippen molar-refractivity contribution in [3.63, 3.8) is 0 Å². The van der Waals surface area contributed by atoms with Crippen LogP contribution in [0.4, 0.5) is 0 Å². The number of allylic oxidation sites excluding steroid dienone is 2. The summed E-state index contributed by atoms with van der Waals surface area (Å²) in [6.45, 7) is 3.78. The topological polar surface area (TPSA) is 103 Å². The third kappa shape index (κ3) is 10.4. The SMILES string of the molecule is CC1(C(=O)O)C=CC=C(C(=O)O)C1.CCCCCCCCCCCCc1ncc[nH]1. The number of nitrogens with zero attached hydrogens (tertiary/aromatic N) is 1.